The summed E-state index contributed by atoms with van der Waals surface area (Å²) < 4.78 is 0. The van der Waals surface area contributed by atoms with E-state index in [1.165, 1.54) is 0 Å². The van der Waals surface area contributed by atoms with Crippen molar-refractivity contribution in [1.29, 1.82) is 0 Å². The summed E-state index contributed by atoms with van der Waals surface area (Å²) >= 11 is 0. The lowest BCUT2D eigenvalue weighted by Gasteiger charge is -2.22. The third kappa shape index (κ3) is 4.26. The Hall–Kier alpha value is -1.14. The monoisotopic (exact) mass is 216 g/mol. The van der Waals surface area contributed by atoms with Gasteiger partial charge in [-0.2, -0.15) is 0 Å². The Labute approximate surface area is 89.6 Å². The number of hydrogen-bond donors (Lipinski definition) is 4. The molecule has 0 aromatic carbocycles. The van der Waals surface area contributed by atoms with Crippen molar-refractivity contribution in [2.45, 2.75) is 32.4 Å². The third-order valence-electron chi connectivity index (χ3n) is 2.41. The van der Waals surface area contributed by atoms with Crippen molar-refractivity contribution in [3.8, 4) is 0 Å². The molecule has 0 radical (unpaired) electrons. The van der Waals surface area contributed by atoms with Crippen LogP contribution in [0.3, 0.4) is 0 Å². The van der Waals surface area contributed by atoms with Gasteiger partial charge in [0.05, 0.1) is 6.04 Å². The number of amides is 2. The quantitative estimate of drug-likeness (QED) is 0.422. The summed E-state index contributed by atoms with van der Waals surface area (Å²) in [6, 6.07) is -1.48. The number of carbonyl (C=O) groups is 2. The smallest absolute Gasteiger partial charge is 0.240 e. The lowest BCUT2D eigenvalue weighted by molar-refractivity contribution is -0.129. The van der Waals surface area contributed by atoms with Crippen molar-refractivity contribution in [2.24, 2.45) is 23.1 Å². The van der Waals surface area contributed by atoms with E-state index in [1.807, 2.05) is 13.8 Å². The summed E-state index contributed by atoms with van der Waals surface area (Å²) in [6.45, 7) is 3.79. The van der Waals surface area contributed by atoms with Crippen molar-refractivity contribution in [1.82, 2.24) is 5.32 Å². The highest BCUT2D eigenvalue weighted by molar-refractivity contribution is 5.89. The minimum Gasteiger partial charge on any atom is -0.368 e. The molecule has 6 nitrogen and oxygen atoms in total. The van der Waals surface area contributed by atoms with Gasteiger partial charge in [0.2, 0.25) is 11.8 Å². The third-order valence-corrected chi connectivity index (χ3v) is 2.41. The van der Waals surface area contributed by atoms with Crippen LogP contribution in [0.4, 0.5) is 0 Å². The number of carbonyl (C=O) groups excluding carboxylic acids is 2. The number of nitrogens with one attached hydrogen (secondary N) is 1. The number of rotatable bonds is 6. The molecule has 7 N–H and O–H groups in total. The molecule has 1 unspecified atom stereocenters. The van der Waals surface area contributed by atoms with E-state index in [2.05, 4.69) is 5.32 Å². The molecule has 0 aliphatic carbocycles. The molecule has 15 heavy (non-hydrogen) atoms. The second-order valence-electron chi connectivity index (χ2n) is 3.62. The molecule has 0 heterocycles. The van der Waals surface area contributed by atoms with Gasteiger partial charge in [-0.05, 0) is 5.92 Å². The topological polar surface area (TPSA) is 124 Å². The van der Waals surface area contributed by atoms with Crippen LogP contribution in [0.2, 0.25) is 0 Å². The number of hydrogen-bond acceptors (Lipinski definition) is 4. The van der Waals surface area contributed by atoms with Gasteiger partial charge in [0.1, 0.15) is 6.04 Å². The van der Waals surface area contributed by atoms with E-state index in [9.17, 15) is 9.59 Å². The van der Waals surface area contributed by atoms with Crippen LogP contribution in [0.5, 0.6) is 0 Å². The molecule has 0 aromatic rings. The summed E-state index contributed by atoms with van der Waals surface area (Å²) in [7, 11) is 0. The average molecular weight is 216 g/mol. The van der Waals surface area contributed by atoms with Crippen molar-refractivity contribution >= 4 is 11.8 Å². The lowest BCUT2D eigenvalue weighted by Crippen LogP contribution is -2.54. The van der Waals surface area contributed by atoms with Gasteiger partial charge in [0.25, 0.3) is 0 Å². The summed E-state index contributed by atoms with van der Waals surface area (Å²) in [5.74, 6) is -1.01. The van der Waals surface area contributed by atoms with E-state index in [4.69, 9.17) is 17.2 Å². The van der Waals surface area contributed by atoms with Gasteiger partial charge in [0, 0.05) is 6.54 Å². The maximum atomic E-state index is 11.4. The maximum Gasteiger partial charge on any atom is 0.240 e. The summed E-state index contributed by atoms with van der Waals surface area (Å²) in [5.41, 5.74) is 15.8. The van der Waals surface area contributed by atoms with Crippen molar-refractivity contribution in [3.63, 3.8) is 0 Å². The van der Waals surface area contributed by atoms with Gasteiger partial charge in [0.15, 0.2) is 0 Å². The SMILES string of the molecule is CCC(C)[C@H](NC(=O)[C@@H](N)CN)C(N)=O. The molecular weight excluding hydrogens is 196 g/mol. The van der Waals surface area contributed by atoms with Crippen molar-refractivity contribution < 1.29 is 9.59 Å². The summed E-state index contributed by atoms with van der Waals surface area (Å²) in [4.78, 5) is 22.5. The highest BCUT2D eigenvalue weighted by Crippen LogP contribution is 2.07. The number of primary amides is 1. The normalized spacial score (nSPS) is 16.5. The Morgan fingerprint density at radius 3 is 2.27 bits per heavy atom. The highest BCUT2D eigenvalue weighted by atomic mass is 16.2. The first-order valence-corrected chi connectivity index (χ1v) is 4.99. The molecule has 2 amide bonds. The molecule has 0 saturated heterocycles. The Balaban J connectivity index is 4.42. The van der Waals surface area contributed by atoms with Gasteiger partial charge in [-0.3, -0.25) is 9.59 Å². The molecule has 0 bridgehead atoms. The predicted molar refractivity (Wildman–Crippen MR) is 57.6 cm³/mol. The van der Waals surface area contributed by atoms with Crippen molar-refractivity contribution in [2.75, 3.05) is 6.54 Å². The molecule has 0 rings (SSSR count). The fraction of sp³-hybridized carbons (Fsp3) is 0.778. The summed E-state index contributed by atoms with van der Waals surface area (Å²) in [5, 5.41) is 2.50. The molecule has 0 aliphatic heterocycles. The predicted octanol–water partition coefficient (Wildman–Crippen LogP) is -1.71. The zero-order valence-corrected chi connectivity index (χ0v) is 9.19. The molecule has 0 fully saturated rings. The van der Waals surface area contributed by atoms with E-state index in [0.717, 1.165) is 6.42 Å². The van der Waals surface area contributed by atoms with Crippen LogP contribution in [0.1, 0.15) is 20.3 Å². The minimum absolute atomic E-state index is 0.0172. The van der Waals surface area contributed by atoms with Gasteiger partial charge in [-0.15, -0.1) is 0 Å². The van der Waals surface area contributed by atoms with Crippen molar-refractivity contribution in [3.05, 3.63) is 0 Å². The molecule has 6 heteroatoms. The fourth-order valence-corrected chi connectivity index (χ4v) is 1.10. The Morgan fingerprint density at radius 1 is 1.40 bits per heavy atom. The van der Waals surface area contributed by atoms with E-state index < -0.39 is 23.9 Å². The van der Waals surface area contributed by atoms with Crippen LogP contribution < -0.4 is 22.5 Å². The van der Waals surface area contributed by atoms with E-state index in [1.54, 1.807) is 0 Å². The van der Waals surface area contributed by atoms with Gasteiger partial charge in [-0.25, -0.2) is 0 Å². The van der Waals surface area contributed by atoms with Crippen LogP contribution >= 0.6 is 0 Å². The molecular formula is C9H20N4O2. The first-order valence-electron chi connectivity index (χ1n) is 4.99. The van der Waals surface area contributed by atoms with Gasteiger partial charge < -0.3 is 22.5 Å². The highest BCUT2D eigenvalue weighted by Gasteiger charge is 2.25. The average Bonchev–Trinajstić information content (AvgIpc) is 2.22. The fourth-order valence-electron chi connectivity index (χ4n) is 1.10. The standard InChI is InChI=1S/C9H20N4O2/c1-3-5(2)7(8(12)14)13-9(15)6(11)4-10/h5-7H,3-4,10-11H2,1-2H3,(H2,12,14)(H,13,15)/t5?,6-,7-/m0/s1. The molecule has 3 atom stereocenters. The zero-order chi connectivity index (χ0) is 12.0. The van der Waals surface area contributed by atoms with Crippen LogP contribution in [-0.4, -0.2) is 30.4 Å². The molecule has 0 aliphatic rings. The second kappa shape index (κ2) is 6.36. The molecule has 88 valence electrons. The second-order valence-corrected chi connectivity index (χ2v) is 3.62. The Bertz CT molecular complexity index is 232. The minimum atomic E-state index is -0.795. The maximum absolute atomic E-state index is 11.4. The van der Waals surface area contributed by atoms with E-state index >= 15 is 0 Å². The first-order chi connectivity index (χ1) is 6.93. The lowest BCUT2D eigenvalue weighted by atomic mass is 9.98. The molecule has 0 spiro atoms. The largest absolute Gasteiger partial charge is 0.368 e. The Kier molecular flexibility index (Phi) is 5.88. The van der Waals surface area contributed by atoms with Gasteiger partial charge >= 0.3 is 0 Å². The first kappa shape index (κ1) is 13.9. The van der Waals surface area contributed by atoms with Crippen LogP contribution in [0, 0.1) is 5.92 Å². The molecule has 0 aromatic heterocycles. The van der Waals surface area contributed by atoms with Gasteiger partial charge in [-0.1, -0.05) is 20.3 Å². The van der Waals surface area contributed by atoms with Crippen LogP contribution in [0.15, 0.2) is 0 Å². The van der Waals surface area contributed by atoms with Crippen LogP contribution in [0.25, 0.3) is 0 Å². The van der Waals surface area contributed by atoms with E-state index in [0.29, 0.717) is 0 Å². The van der Waals surface area contributed by atoms with E-state index in [-0.39, 0.29) is 12.5 Å². The Morgan fingerprint density at radius 2 is 1.93 bits per heavy atom. The zero-order valence-electron chi connectivity index (χ0n) is 9.19. The number of nitrogens with two attached hydrogens (primary N) is 3. The van der Waals surface area contributed by atoms with Crippen LogP contribution in [-0.2, 0) is 9.59 Å². The molecule has 0 saturated carbocycles. The summed E-state index contributed by atoms with van der Waals surface area (Å²) in [6.07, 6.45) is 0.742.